The van der Waals surface area contributed by atoms with E-state index < -0.39 is 5.97 Å². The monoisotopic (exact) mass is 275 g/mol. The van der Waals surface area contributed by atoms with E-state index in [1.54, 1.807) is 17.4 Å². The molecule has 1 aliphatic carbocycles. The maximum atomic E-state index is 10.8. The van der Waals surface area contributed by atoms with Crippen LogP contribution in [0.2, 0.25) is 0 Å². The number of nitrogens with zero attached hydrogens (tertiary/aromatic N) is 3. The van der Waals surface area contributed by atoms with Crippen molar-refractivity contribution in [3.63, 3.8) is 0 Å². The molecule has 0 spiro atoms. The minimum absolute atomic E-state index is 0.0179. The van der Waals surface area contributed by atoms with Gasteiger partial charge in [-0.1, -0.05) is 6.07 Å². The van der Waals surface area contributed by atoms with Gasteiger partial charge in [0.1, 0.15) is 0 Å². The molecule has 0 radical (unpaired) electrons. The van der Waals surface area contributed by atoms with Crippen molar-refractivity contribution in [3.8, 4) is 0 Å². The number of carboxylic acid groups (broad SMARTS) is 1. The lowest BCUT2D eigenvalue weighted by Crippen LogP contribution is -2.26. The molecule has 0 amide bonds. The summed E-state index contributed by atoms with van der Waals surface area (Å²) >= 11 is 1.72. The van der Waals surface area contributed by atoms with E-state index in [-0.39, 0.29) is 5.69 Å². The highest BCUT2D eigenvalue weighted by atomic mass is 32.1. The summed E-state index contributed by atoms with van der Waals surface area (Å²) in [6, 6.07) is 7.88. The van der Waals surface area contributed by atoms with Gasteiger partial charge in [-0.2, -0.15) is 0 Å². The zero-order valence-electron chi connectivity index (χ0n) is 10.2. The molecule has 0 bridgehead atoms. The fraction of sp³-hybridized carbons (Fsp3) is 0.308. The SMILES string of the molecule is O=C(O)c1ccc(N(Cc2cccs2)C2CC2)nn1. The first-order valence-corrected chi connectivity index (χ1v) is 6.98. The average molecular weight is 275 g/mol. The Morgan fingerprint density at radius 3 is 2.74 bits per heavy atom. The lowest BCUT2D eigenvalue weighted by Gasteiger charge is -2.22. The van der Waals surface area contributed by atoms with Crippen LogP contribution in [0.15, 0.2) is 29.6 Å². The molecule has 0 atom stereocenters. The predicted molar refractivity (Wildman–Crippen MR) is 72.5 cm³/mol. The van der Waals surface area contributed by atoms with Gasteiger partial charge in [-0.25, -0.2) is 4.79 Å². The van der Waals surface area contributed by atoms with Gasteiger partial charge in [-0.15, -0.1) is 21.5 Å². The summed E-state index contributed by atoms with van der Waals surface area (Å²) in [5.74, 6) is -0.295. The van der Waals surface area contributed by atoms with Gasteiger partial charge < -0.3 is 10.0 Å². The minimum atomic E-state index is -1.05. The van der Waals surface area contributed by atoms with Gasteiger partial charge >= 0.3 is 5.97 Å². The standard InChI is InChI=1S/C13H13N3O2S/c17-13(18)11-5-6-12(15-14-11)16(9-3-4-9)8-10-2-1-7-19-10/h1-2,5-7,9H,3-4,8H2,(H,17,18). The highest BCUT2D eigenvalue weighted by Gasteiger charge is 2.30. The average Bonchev–Trinajstić information content (AvgIpc) is 3.13. The Kier molecular flexibility index (Phi) is 3.16. The Morgan fingerprint density at radius 1 is 1.37 bits per heavy atom. The first-order chi connectivity index (χ1) is 9.24. The largest absolute Gasteiger partial charge is 0.476 e. The van der Waals surface area contributed by atoms with E-state index in [0.717, 1.165) is 25.2 Å². The van der Waals surface area contributed by atoms with E-state index in [1.165, 1.54) is 10.9 Å². The van der Waals surface area contributed by atoms with Crippen molar-refractivity contribution in [1.29, 1.82) is 0 Å². The van der Waals surface area contributed by atoms with Crippen LogP contribution in [0.4, 0.5) is 5.82 Å². The molecule has 0 aliphatic heterocycles. The second-order valence-electron chi connectivity index (χ2n) is 4.52. The lowest BCUT2D eigenvalue weighted by molar-refractivity contribution is 0.0689. The van der Waals surface area contributed by atoms with Crippen molar-refractivity contribution >= 4 is 23.1 Å². The van der Waals surface area contributed by atoms with Crippen molar-refractivity contribution in [2.24, 2.45) is 0 Å². The quantitative estimate of drug-likeness (QED) is 0.907. The molecule has 3 rings (SSSR count). The lowest BCUT2D eigenvalue weighted by atomic mass is 10.3. The molecule has 0 unspecified atom stereocenters. The third-order valence-corrected chi connectivity index (χ3v) is 3.92. The van der Waals surface area contributed by atoms with Gasteiger partial charge in [0.2, 0.25) is 0 Å². The molecule has 0 saturated heterocycles. The minimum Gasteiger partial charge on any atom is -0.476 e. The Labute approximate surface area is 114 Å². The fourth-order valence-corrected chi connectivity index (χ4v) is 2.65. The molecule has 1 aliphatic rings. The Morgan fingerprint density at radius 2 is 2.21 bits per heavy atom. The number of aromatic carboxylic acids is 1. The second-order valence-corrected chi connectivity index (χ2v) is 5.55. The molecule has 1 N–H and O–H groups in total. The van der Waals surface area contributed by atoms with Crippen LogP contribution in [-0.4, -0.2) is 27.3 Å². The van der Waals surface area contributed by atoms with E-state index in [1.807, 2.05) is 6.07 Å². The molecular weight excluding hydrogens is 262 g/mol. The number of thiophene rings is 1. The van der Waals surface area contributed by atoms with Gasteiger partial charge in [-0.05, 0) is 36.4 Å². The summed E-state index contributed by atoms with van der Waals surface area (Å²) in [6.45, 7) is 0.809. The second kappa shape index (κ2) is 4.97. The number of aromatic nitrogens is 2. The smallest absolute Gasteiger partial charge is 0.356 e. The number of anilines is 1. The van der Waals surface area contributed by atoms with Gasteiger partial charge in [0.25, 0.3) is 0 Å². The zero-order valence-corrected chi connectivity index (χ0v) is 11.0. The summed E-state index contributed by atoms with van der Waals surface area (Å²) in [6.07, 6.45) is 2.32. The van der Waals surface area contributed by atoms with Crippen LogP contribution in [0.5, 0.6) is 0 Å². The summed E-state index contributed by atoms with van der Waals surface area (Å²) in [7, 11) is 0. The predicted octanol–water partition coefficient (Wildman–Crippen LogP) is 2.41. The van der Waals surface area contributed by atoms with Crippen molar-refractivity contribution in [2.75, 3.05) is 4.90 Å². The maximum Gasteiger partial charge on any atom is 0.356 e. The van der Waals surface area contributed by atoms with Crippen LogP contribution < -0.4 is 4.90 Å². The van der Waals surface area contributed by atoms with Crippen LogP contribution in [0, 0.1) is 0 Å². The fourth-order valence-electron chi connectivity index (χ4n) is 1.95. The molecule has 2 aromatic heterocycles. The molecule has 1 saturated carbocycles. The van der Waals surface area contributed by atoms with Crippen LogP contribution in [0.25, 0.3) is 0 Å². The molecule has 6 heteroatoms. The molecule has 1 fully saturated rings. The molecule has 98 valence electrons. The van der Waals surface area contributed by atoms with E-state index in [0.29, 0.717) is 6.04 Å². The molecular formula is C13H13N3O2S. The van der Waals surface area contributed by atoms with Crippen LogP contribution >= 0.6 is 11.3 Å². The molecule has 5 nitrogen and oxygen atoms in total. The van der Waals surface area contributed by atoms with E-state index >= 15 is 0 Å². The highest BCUT2D eigenvalue weighted by Crippen LogP contribution is 2.32. The number of rotatable bonds is 5. The number of hydrogen-bond acceptors (Lipinski definition) is 5. The van der Waals surface area contributed by atoms with Crippen LogP contribution in [-0.2, 0) is 6.54 Å². The first-order valence-electron chi connectivity index (χ1n) is 6.10. The summed E-state index contributed by atoms with van der Waals surface area (Å²) in [4.78, 5) is 14.2. The van der Waals surface area contributed by atoms with Crippen LogP contribution in [0.1, 0.15) is 28.2 Å². The van der Waals surface area contributed by atoms with Crippen molar-refractivity contribution in [3.05, 3.63) is 40.2 Å². The topological polar surface area (TPSA) is 66.3 Å². The van der Waals surface area contributed by atoms with Crippen molar-refractivity contribution in [1.82, 2.24) is 10.2 Å². The Balaban J connectivity index is 1.81. The Bertz CT molecular complexity index is 564. The summed E-state index contributed by atoms with van der Waals surface area (Å²) < 4.78 is 0. The third-order valence-electron chi connectivity index (χ3n) is 3.06. The molecule has 19 heavy (non-hydrogen) atoms. The van der Waals surface area contributed by atoms with Gasteiger partial charge in [0.05, 0.1) is 6.54 Å². The maximum absolute atomic E-state index is 10.8. The summed E-state index contributed by atoms with van der Waals surface area (Å²) in [5, 5.41) is 18.7. The molecule has 2 aromatic rings. The van der Waals surface area contributed by atoms with Gasteiger partial charge in [0, 0.05) is 10.9 Å². The van der Waals surface area contributed by atoms with Crippen LogP contribution in [0.3, 0.4) is 0 Å². The van der Waals surface area contributed by atoms with E-state index in [2.05, 4.69) is 26.5 Å². The van der Waals surface area contributed by atoms with E-state index in [4.69, 9.17) is 5.11 Å². The van der Waals surface area contributed by atoms with Crippen molar-refractivity contribution in [2.45, 2.75) is 25.4 Å². The first kappa shape index (κ1) is 12.1. The van der Waals surface area contributed by atoms with E-state index in [9.17, 15) is 4.79 Å². The normalized spacial score (nSPS) is 14.3. The molecule has 0 aromatic carbocycles. The van der Waals surface area contributed by atoms with Crippen molar-refractivity contribution < 1.29 is 9.90 Å². The highest BCUT2D eigenvalue weighted by molar-refractivity contribution is 7.09. The third kappa shape index (κ3) is 2.73. The number of carbonyl (C=O) groups is 1. The number of hydrogen-bond donors (Lipinski definition) is 1. The Hall–Kier alpha value is -1.95. The zero-order chi connectivity index (χ0) is 13.2. The van der Waals surface area contributed by atoms with Gasteiger partial charge in [-0.3, -0.25) is 0 Å². The molecule has 2 heterocycles. The van der Waals surface area contributed by atoms with Gasteiger partial charge in [0.15, 0.2) is 11.5 Å². The number of carboxylic acids is 1. The summed E-state index contributed by atoms with van der Waals surface area (Å²) in [5.41, 5.74) is -0.0179.